The van der Waals surface area contributed by atoms with Crippen molar-refractivity contribution in [2.45, 2.75) is 19.3 Å². The smallest absolute Gasteiger partial charge is 0.355 e. The summed E-state index contributed by atoms with van der Waals surface area (Å²) in [6.07, 6.45) is 1.52. The van der Waals surface area contributed by atoms with Crippen molar-refractivity contribution in [1.29, 1.82) is 0 Å². The van der Waals surface area contributed by atoms with Crippen LogP contribution in [0.2, 0.25) is 0 Å². The molecule has 18 heavy (non-hydrogen) atoms. The summed E-state index contributed by atoms with van der Waals surface area (Å²) in [6, 6.07) is 0. The van der Waals surface area contributed by atoms with Gasteiger partial charge in [-0.05, 0) is 12.8 Å². The first-order valence-corrected chi connectivity index (χ1v) is 6.14. The lowest BCUT2D eigenvalue weighted by molar-refractivity contribution is -0.118. The number of carboxylic acid groups (broad SMARTS) is 1. The van der Waals surface area contributed by atoms with E-state index >= 15 is 0 Å². The minimum absolute atomic E-state index is 0.113. The number of aromatic nitrogens is 1. The molecule has 0 aliphatic heterocycles. The number of primary amides is 1. The maximum absolute atomic E-state index is 11.5. The van der Waals surface area contributed by atoms with Gasteiger partial charge in [0, 0.05) is 18.3 Å². The summed E-state index contributed by atoms with van der Waals surface area (Å²) >= 11 is 0.977. The zero-order chi connectivity index (χ0) is 13.5. The molecule has 0 aliphatic rings. The summed E-state index contributed by atoms with van der Waals surface area (Å²) in [5, 5.41) is 12.7. The fourth-order valence-electron chi connectivity index (χ4n) is 1.18. The van der Waals surface area contributed by atoms with Crippen LogP contribution in [-0.2, 0) is 4.79 Å². The molecule has 1 heterocycles. The van der Waals surface area contributed by atoms with E-state index < -0.39 is 11.9 Å². The predicted molar refractivity (Wildman–Crippen MR) is 64.5 cm³/mol. The van der Waals surface area contributed by atoms with Gasteiger partial charge in [-0.15, -0.1) is 11.3 Å². The molecule has 1 rings (SSSR count). The largest absolute Gasteiger partial charge is 0.476 e. The van der Waals surface area contributed by atoms with Crippen LogP contribution in [0.3, 0.4) is 0 Å². The molecule has 0 unspecified atom stereocenters. The minimum Gasteiger partial charge on any atom is -0.476 e. The molecule has 0 spiro atoms. The Kier molecular flexibility index (Phi) is 5.25. The summed E-state index contributed by atoms with van der Waals surface area (Å²) in [5.41, 5.74) is 4.83. The number of amides is 2. The second-order valence-electron chi connectivity index (χ2n) is 3.52. The molecule has 0 saturated heterocycles. The van der Waals surface area contributed by atoms with Crippen molar-refractivity contribution in [3.8, 4) is 0 Å². The number of unbranched alkanes of at least 4 members (excludes halogenated alkanes) is 1. The van der Waals surface area contributed by atoms with Gasteiger partial charge in [-0.25, -0.2) is 9.78 Å². The molecule has 0 radical (unpaired) electrons. The minimum atomic E-state index is -1.16. The first kappa shape index (κ1) is 14.1. The van der Waals surface area contributed by atoms with Gasteiger partial charge < -0.3 is 16.2 Å². The maximum Gasteiger partial charge on any atom is 0.355 e. The van der Waals surface area contributed by atoms with Crippen molar-refractivity contribution in [1.82, 2.24) is 10.3 Å². The fraction of sp³-hybridized carbons (Fsp3) is 0.400. The van der Waals surface area contributed by atoms with E-state index in [0.29, 0.717) is 19.4 Å². The van der Waals surface area contributed by atoms with Crippen LogP contribution < -0.4 is 11.1 Å². The predicted octanol–water partition coefficient (Wildman–Crippen LogP) is 0.227. The van der Waals surface area contributed by atoms with Crippen LogP contribution in [0, 0.1) is 0 Å². The van der Waals surface area contributed by atoms with Crippen molar-refractivity contribution in [3.05, 3.63) is 16.1 Å². The number of nitrogens with one attached hydrogen (secondary N) is 1. The van der Waals surface area contributed by atoms with Gasteiger partial charge in [0.05, 0.1) is 0 Å². The van der Waals surface area contributed by atoms with E-state index in [1.54, 1.807) is 0 Å². The zero-order valence-electron chi connectivity index (χ0n) is 9.51. The van der Waals surface area contributed by atoms with E-state index in [9.17, 15) is 14.4 Å². The number of rotatable bonds is 7. The molecule has 2 amide bonds. The van der Waals surface area contributed by atoms with E-state index in [0.717, 1.165) is 11.3 Å². The molecule has 0 aliphatic carbocycles. The van der Waals surface area contributed by atoms with Crippen molar-refractivity contribution in [2.24, 2.45) is 5.73 Å². The van der Waals surface area contributed by atoms with Crippen molar-refractivity contribution in [2.75, 3.05) is 6.54 Å². The average molecular weight is 271 g/mol. The van der Waals surface area contributed by atoms with Crippen LogP contribution in [0.15, 0.2) is 5.38 Å². The van der Waals surface area contributed by atoms with Crippen LogP contribution in [-0.4, -0.2) is 34.4 Å². The zero-order valence-corrected chi connectivity index (χ0v) is 10.3. The molecule has 0 fully saturated rings. The molecule has 98 valence electrons. The van der Waals surface area contributed by atoms with Crippen molar-refractivity contribution >= 4 is 29.1 Å². The normalized spacial score (nSPS) is 10.0. The second-order valence-corrected chi connectivity index (χ2v) is 4.38. The lowest BCUT2D eigenvalue weighted by Crippen LogP contribution is -2.24. The Morgan fingerprint density at radius 1 is 1.39 bits per heavy atom. The average Bonchev–Trinajstić information content (AvgIpc) is 2.77. The highest BCUT2D eigenvalue weighted by atomic mass is 32.1. The van der Waals surface area contributed by atoms with Gasteiger partial charge in [0.2, 0.25) is 5.91 Å². The Hall–Kier alpha value is -1.96. The van der Waals surface area contributed by atoms with Crippen LogP contribution in [0.4, 0.5) is 0 Å². The van der Waals surface area contributed by atoms with Gasteiger partial charge in [0.15, 0.2) is 10.7 Å². The quantitative estimate of drug-likeness (QED) is 0.612. The van der Waals surface area contributed by atoms with Gasteiger partial charge >= 0.3 is 5.97 Å². The molecular formula is C10H13N3O4S. The molecule has 7 nitrogen and oxygen atoms in total. The molecule has 0 bridgehead atoms. The number of aromatic carboxylic acids is 1. The Morgan fingerprint density at radius 2 is 2.11 bits per heavy atom. The van der Waals surface area contributed by atoms with E-state index in [-0.39, 0.29) is 23.0 Å². The summed E-state index contributed by atoms with van der Waals surface area (Å²) in [7, 11) is 0. The van der Waals surface area contributed by atoms with Crippen LogP contribution in [0.1, 0.15) is 39.6 Å². The summed E-state index contributed by atoms with van der Waals surface area (Å²) in [5.74, 6) is -1.94. The van der Waals surface area contributed by atoms with E-state index in [1.165, 1.54) is 5.38 Å². The third-order valence-corrected chi connectivity index (χ3v) is 2.89. The first-order valence-electron chi connectivity index (χ1n) is 5.26. The van der Waals surface area contributed by atoms with Gasteiger partial charge in [0.25, 0.3) is 5.91 Å². The van der Waals surface area contributed by atoms with Crippen molar-refractivity contribution in [3.63, 3.8) is 0 Å². The number of carbonyl (C=O) groups is 3. The number of nitrogens with zero attached hydrogens (tertiary/aromatic N) is 1. The lowest BCUT2D eigenvalue weighted by Gasteiger charge is -2.01. The lowest BCUT2D eigenvalue weighted by atomic mass is 10.2. The Labute approximate surface area is 107 Å². The van der Waals surface area contributed by atoms with Gasteiger partial charge in [-0.3, -0.25) is 9.59 Å². The Morgan fingerprint density at radius 3 is 2.67 bits per heavy atom. The monoisotopic (exact) mass is 271 g/mol. The molecule has 0 aromatic carbocycles. The highest BCUT2D eigenvalue weighted by Crippen LogP contribution is 2.09. The number of carboxylic acids is 1. The van der Waals surface area contributed by atoms with E-state index in [1.807, 2.05) is 0 Å². The second kappa shape index (κ2) is 6.70. The third kappa shape index (κ3) is 4.50. The van der Waals surface area contributed by atoms with Crippen LogP contribution in [0.5, 0.6) is 0 Å². The number of thiazole rings is 1. The SMILES string of the molecule is NC(=O)CCCCNC(=O)c1nc(C(=O)O)cs1. The van der Waals surface area contributed by atoms with E-state index in [2.05, 4.69) is 10.3 Å². The number of nitrogens with two attached hydrogens (primary N) is 1. The molecule has 4 N–H and O–H groups in total. The summed E-state index contributed by atoms with van der Waals surface area (Å²) in [4.78, 5) is 36.2. The van der Waals surface area contributed by atoms with Crippen molar-refractivity contribution < 1.29 is 19.5 Å². The fourth-order valence-corrected chi connectivity index (χ4v) is 1.89. The molecule has 1 aromatic rings. The standard InChI is InChI=1S/C10H13N3O4S/c11-7(14)3-1-2-4-12-8(15)9-13-6(5-18-9)10(16)17/h5H,1-4H2,(H2,11,14)(H,12,15)(H,16,17). The highest BCUT2D eigenvalue weighted by Gasteiger charge is 2.13. The highest BCUT2D eigenvalue weighted by molar-refractivity contribution is 7.11. The molecule has 0 atom stereocenters. The summed E-state index contributed by atoms with van der Waals surface area (Å²) in [6.45, 7) is 0.397. The molecule has 1 aromatic heterocycles. The topological polar surface area (TPSA) is 122 Å². The molecule has 8 heteroatoms. The summed E-state index contributed by atoms with van der Waals surface area (Å²) < 4.78 is 0. The molecule has 0 saturated carbocycles. The first-order chi connectivity index (χ1) is 8.50. The van der Waals surface area contributed by atoms with Gasteiger partial charge in [0.1, 0.15) is 0 Å². The third-order valence-electron chi connectivity index (χ3n) is 2.05. The van der Waals surface area contributed by atoms with E-state index in [4.69, 9.17) is 10.8 Å². The molecular weight excluding hydrogens is 258 g/mol. The van der Waals surface area contributed by atoms with Gasteiger partial charge in [-0.1, -0.05) is 0 Å². The number of hydrogen-bond donors (Lipinski definition) is 3. The number of hydrogen-bond acceptors (Lipinski definition) is 5. The van der Waals surface area contributed by atoms with Gasteiger partial charge in [-0.2, -0.15) is 0 Å². The van der Waals surface area contributed by atoms with Crippen LogP contribution >= 0.6 is 11.3 Å². The number of carbonyl (C=O) groups excluding carboxylic acids is 2. The Bertz CT molecular complexity index is 458. The Balaban J connectivity index is 2.32. The van der Waals surface area contributed by atoms with Crippen LogP contribution in [0.25, 0.3) is 0 Å². The maximum atomic E-state index is 11.5.